The zero-order valence-corrected chi connectivity index (χ0v) is 10.6. The summed E-state index contributed by atoms with van der Waals surface area (Å²) in [7, 11) is -3.29. The van der Waals surface area contributed by atoms with Crippen molar-refractivity contribution < 1.29 is 18.3 Å². The Morgan fingerprint density at radius 3 is 2.22 bits per heavy atom. The average Bonchev–Trinajstić information content (AvgIpc) is 2.96. The molecule has 1 aliphatic carbocycles. The van der Waals surface area contributed by atoms with Crippen LogP contribution >= 0.6 is 0 Å². The predicted octanol–water partition coefficient (Wildman–Crippen LogP) is 1.31. The van der Waals surface area contributed by atoms with Crippen LogP contribution < -0.4 is 10.0 Å². The lowest BCUT2D eigenvalue weighted by Gasteiger charge is -2.16. The molecule has 1 aromatic carbocycles. The van der Waals surface area contributed by atoms with Crippen LogP contribution in [0.5, 0.6) is 0 Å². The minimum absolute atomic E-state index is 0.465. The van der Waals surface area contributed by atoms with Gasteiger partial charge in [-0.25, -0.2) is 13.2 Å². The number of rotatable bonds is 4. The fourth-order valence-electron chi connectivity index (χ4n) is 1.89. The Morgan fingerprint density at radius 2 is 1.83 bits per heavy atom. The van der Waals surface area contributed by atoms with Crippen LogP contribution in [0.25, 0.3) is 0 Å². The molecule has 0 aromatic heterocycles. The van der Waals surface area contributed by atoms with Crippen molar-refractivity contribution in [3.8, 4) is 0 Å². The molecule has 6 nitrogen and oxygen atoms in total. The number of hydrogen-bond donors (Lipinski definition) is 3. The molecule has 7 heteroatoms. The number of nitrogens with one attached hydrogen (secondary N) is 2. The van der Waals surface area contributed by atoms with Crippen LogP contribution in [-0.2, 0) is 15.6 Å². The van der Waals surface area contributed by atoms with Crippen molar-refractivity contribution in [2.45, 2.75) is 18.4 Å². The van der Waals surface area contributed by atoms with Crippen LogP contribution in [0.2, 0.25) is 0 Å². The summed E-state index contributed by atoms with van der Waals surface area (Å²) < 4.78 is 24.4. The molecule has 0 radical (unpaired) electrons. The summed E-state index contributed by atoms with van der Waals surface area (Å²) in [6.45, 7) is 0. The van der Waals surface area contributed by atoms with Gasteiger partial charge in [0.1, 0.15) is 0 Å². The van der Waals surface area contributed by atoms with Crippen molar-refractivity contribution in [2.24, 2.45) is 0 Å². The molecule has 0 unspecified atom stereocenters. The van der Waals surface area contributed by atoms with E-state index in [1.165, 1.54) is 0 Å². The number of amides is 1. The molecular weight excluding hydrogens is 256 g/mol. The minimum Gasteiger partial charge on any atom is -0.465 e. The van der Waals surface area contributed by atoms with Crippen LogP contribution in [0, 0.1) is 0 Å². The van der Waals surface area contributed by atoms with Crippen molar-refractivity contribution in [3.63, 3.8) is 0 Å². The lowest BCUT2D eigenvalue weighted by molar-refractivity contribution is 0.188. The fourth-order valence-corrected chi connectivity index (χ4v) is 2.45. The quantitative estimate of drug-likeness (QED) is 0.768. The summed E-state index contributed by atoms with van der Waals surface area (Å²) in [6, 6.07) is 6.72. The first-order valence-corrected chi connectivity index (χ1v) is 7.29. The molecule has 0 atom stereocenters. The SMILES string of the molecule is CS(=O)(=O)Nc1ccc(C2(NC(=O)O)CC2)cc1. The van der Waals surface area contributed by atoms with Gasteiger partial charge in [-0.05, 0) is 30.5 Å². The molecule has 1 fully saturated rings. The van der Waals surface area contributed by atoms with E-state index in [2.05, 4.69) is 10.0 Å². The highest BCUT2D eigenvalue weighted by Crippen LogP contribution is 2.45. The highest BCUT2D eigenvalue weighted by Gasteiger charge is 2.45. The Bertz CT molecular complexity index is 561. The normalized spacial score (nSPS) is 16.9. The van der Waals surface area contributed by atoms with Gasteiger partial charge in [0, 0.05) is 5.69 Å². The Hall–Kier alpha value is -1.76. The molecule has 0 bridgehead atoms. The van der Waals surface area contributed by atoms with Gasteiger partial charge in [0.05, 0.1) is 11.8 Å². The predicted molar refractivity (Wildman–Crippen MR) is 67.0 cm³/mol. The molecule has 1 saturated carbocycles. The number of sulfonamides is 1. The van der Waals surface area contributed by atoms with Gasteiger partial charge in [-0.1, -0.05) is 12.1 Å². The summed E-state index contributed by atoms with van der Waals surface area (Å²) in [5.74, 6) is 0. The van der Waals surface area contributed by atoms with Crippen LogP contribution in [-0.4, -0.2) is 25.9 Å². The zero-order chi connectivity index (χ0) is 13.4. The maximum absolute atomic E-state index is 11.0. The Balaban J connectivity index is 2.16. The van der Waals surface area contributed by atoms with Gasteiger partial charge in [0.15, 0.2) is 0 Å². The molecular formula is C11H14N2O4S. The monoisotopic (exact) mass is 270 g/mol. The van der Waals surface area contributed by atoms with Crippen LogP contribution in [0.4, 0.5) is 10.5 Å². The number of benzene rings is 1. The molecule has 3 N–H and O–H groups in total. The second kappa shape index (κ2) is 4.16. The Labute approximate surface area is 105 Å². The molecule has 0 heterocycles. The van der Waals surface area contributed by atoms with Crippen molar-refractivity contribution in [2.75, 3.05) is 11.0 Å². The number of hydrogen-bond acceptors (Lipinski definition) is 3. The first-order valence-electron chi connectivity index (χ1n) is 5.40. The molecule has 1 aliphatic rings. The second-order valence-corrected chi connectivity index (χ2v) is 6.21. The van der Waals surface area contributed by atoms with Gasteiger partial charge in [-0.15, -0.1) is 0 Å². The van der Waals surface area contributed by atoms with Gasteiger partial charge in [-0.2, -0.15) is 0 Å². The highest BCUT2D eigenvalue weighted by molar-refractivity contribution is 7.92. The fraction of sp³-hybridized carbons (Fsp3) is 0.364. The molecule has 98 valence electrons. The van der Waals surface area contributed by atoms with Gasteiger partial charge in [0.25, 0.3) is 0 Å². The molecule has 0 aliphatic heterocycles. The zero-order valence-electron chi connectivity index (χ0n) is 9.80. The Morgan fingerprint density at radius 1 is 1.28 bits per heavy atom. The van der Waals surface area contributed by atoms with E-state index in [4.69, 9.17) is 5.11 Å². The van der Waals surface area contributed by atoms with Gasteiger partial charge >= 0.3 is 6.09 Å². The molecule has 18 heavy (non-hydrogen) atoms. The van der Waals surface area contributed by atoms with E-state index in [1.807, 2.05) is 0 Å². The van der Waals surface area contributed by atoms with Crippen molar-refractivity contribution in [3.05, 3.63) is 29.8 Å². The van der Waals surface area contributed by atoms with E-state index >= 15 is 0 Å². The summed E-state index contributed by atoms with van der Waals surface area (Å²) in [5.41, 5.74) is 0.825. The largest absolute Gasteiger partial charge is 0.465 e. The maximum atomic E-state index is 11.0. The third-order valence-electron chi connectivity index (χ3n) is 2.84. The minimum atomic E-state index is -3.29. The highest BCUT2D eigenvalue weighted by atomic mass is 32.2. The number of carbonyl (C=O) groups is 1. The van der Waals surface area contributed by atoms with E-state index in [0.29, 0.717) is 5.69 Å². The van der Waals surface area contributed by atoms with E-state index in [0.717, 1.165) is 24.7 Å². The van der Waals surface area contributed by atoms with Crippen molar-refractivity contribution >= 4 is 21.8 Å². The smallest absolute Gasteiger partial charge is 0.405 e. The van der Waals surface area contributed by atoms with E-state index in [9.17, 15) is 13.2 Å². The lowest BCUT2D eigenvalue weighted by atomic mass is 10.0. The molecule has 0 saturated heterocycles. The standard InChI is InChI=1S/C11H14N2O4S/c1-18(16,17)13-9-4-2-8(3-5-9)11(6-7-11)12-10(14)15/h2-5,12-13H,6-7H2,1H3,(H,14,15). The topological polar surface area (TPSA) is 95.5 Å². The van der Waals surface area contributed by atoms with Gasteiger partial charge in [-0.3, -0.25) is 4.72 Å². The summed E-state index contributed by atoms with van der Waals surface area (Å²) in [6.07, 6.45) is 1.55. The summed E-state index contributed by atoms with van der Waals surface area (Å²) in [4.78, 5) is 10.7. The molecule has 1 amide bonds. The van der Waals surface area contributed by atoms with Crippen LogP contribution in [0.3, 0.4) is 0 Å². The van der Waals surface area contributed by atoms with Crippen molar-refractivity contribution in [1.82, 2.24) is 5.32 Å². The third kappa shape index (κ3) is 2.92. The third-order valence-corrected chi connectivity index (χ3v) is 3.44. The lowest BCUT2D eigenvalue weighted by Crippen LogP contribution is -2.33. The molecule has 2 rings (SSSR count). The first-order chi connectivity index (χ1) is 8.31. The molecule has 0 spiro atoms. The van der Waals surface area contributed by atoms with Crippen LogP contribution in [0.15, 0.2) is 24.3 Å². The van der Waals surface area contributed by atoms with E-state index in [1.54, 1.807) is 24.3 Å². The van der Waals surface area contributed by atoms with E-state index < -0.39 is 21.7 Å². The van der Waals surface area contributed by atoms with E-state index in [-0.39, 0.29) is 0 Å². The van der Waals surface area contributed by atoms with Crippen LogP contribution in [0.1, 0.15) is 18.4 Å². The van der Waals surface area contributed by atoms with Gasteiger partial charge in [0.2, 0.25) is 10.0 Å². The molecule has 1 aromatic rings. The average molecular weight is 270 g/mol. The summed E-state index contributed by atoms with van der Waals surface area (Å²) in [5, 5.41) is 11.2. The number of anilines is 1. The second-order valence-electron chi connectivity index (χ2n) is 4.46. The first kappa shape index (κ1) is 12.7. The Kier molecular flexibility index (Phi) is 2.94. The maximum Gasteiger partial charge on any atom is 0.405 e. The summed E-state index contributed by atoms with van der Waals surface area (Å²) >= 11 is 0. The van der Waals surface area contributed by atoms with Crippen molar-refractivity contribution in [1.29, 1.82) is 0 Å². The number of carboxylic acid groups (broad SMARTS) is 1. The van der Waals surface area contributed by atoms with Gasteiger partial charge < -0.3 is 10.4 Å².